The summed E-state index contributed by atoms with van der Waals surface area (Å²) in [6.07, 6.45) is 3.58. The van der Waals surface area contributed by atoms with E-state index >= 15 is 4.39 Å². The number of carbonyl (C=O) groups is 1. The molecule has 0 radical (unpaired) electrons. The summed E-state index contributed by atoms with van der Waals surface area (Å²) in [4.78, 5) is 12.6. The van der Waals surface area contributed by atoms with Crippen LogP contribution in [-0.4, -0.2) is 36.3 Å². The molecule has 0 bridgehead atoms. The minimum atomic E-state index is -0.656. The fraction of sp³-hybridized carbons (Fsp3) is 0.571. The minimum absolute atomic E-state index is 0.125. The lowest BCUT2D eigenvalue weighted by Gasteiger charge is -2.24. The molecule has 1 aliphatic rings. The van der Waals surface area contributed by atoms with E-state index in [-0.39, 0.29) is 18.6 Å². The predicted octanol–water partition coefficient (Wildman–Crippen LogP) is 4.92. The van der Waals surface area contributed by atoms with E-state index in [9.17, 15) is 4.79 Å². The first-order valence-corrected chi connectivity index (χ1v) is 9.55. The Morgan fingerprint density at radius 1 is 1.36 bits per heavy atom. The van der Waals surface area contributed by atoms with E-state index in [0.29, 0.717) is 28.6 Å². The van der Waals surface area contributed by atoms with Gasteiger partial charge in [0, 0.05) is 29.3 Å². The summed E-state index contributed by atoms with van der Waals surface area (Å²) in [6, 6.07) is 1.76. The van der Waals surface area contributed by atoms with Gasteiger partial charge in [0.1, 0.15) is 5.60 Å². The molecule has 1 aromatic carbocycles. The second-order valence-electron chi connectivity index (χ2n) is 7.99. The van der Waals surface area contributed by atoms with Crippen molar-refractivity contribution in [1.29, 1.82) is 0 Å². The zero-order valence-electron chi connectivity index (χ0n) is 17.1. The zero-order chi connectivity index (χ0) is 20.5. The number of carbonyl (C=O) groups excluding carboxylic acids is 1. The topological polar surface area (TPSA) is 58.9 Å². The van der Waals surface area contributed by atoms with Crippen molar-refractivity contribution in [2.75, 3.05) is 13.7 Å². The van der Waals surface area contributed by atoms with Gasteiger partial charge in [0.05, 0.1) is 19.2 Å². The highest BCUT2D eigenvalue weighted by atomic mass is 19.1. The standard InChI is InChI=1S/C21H28FNO5/c1-13-17(22)19(25-5)15(12-27-16-8-6-7-11-26-16)14-9-10-23(18(13)14)20(24)28-21(2,3)4/h9-10,16H,6-8,11-12H2,1-5H3. The van der Waals surface area contributed by atoms with E-state index in [1.807, 2.05) is 0 Å². The molecule has 1 saturated heterocycles. The van der Waals surface area contributed by atoms with Crippen LogP contribution in [-0.2, 0) is 20.8 Å². The summed E-state index contributed by atoms with van der Waals surface area (Å²) < 4.78 is 38.6. The van der Waals surface area contributed by atoms with E-state index in [2.05, 4.69) is 0 Å². The average molecular weight is 393 g/mol. The molecule has 2 aromatic rings. The van der Waals surface area contributed by atoms with Crippen molar-refractivity contribution in [3.8, 4) is 5.75 Å². The van der Waals surface area contributed by atoms with E-state index < -0.39 is 17.5 Å². The average Bonchev–Trinajstić information content (AvgIpc) is 3.08. The van der Waals surface area contributed by atoms with Gasteiger partial charge in [-0.05, 0) is 53.0 Å². The van der Waals surface area contributed by atoms with E-state index in [0.717, 1.165) is 19.3 Å². The third-order valence-corrected chi connectivity index (χ3v) is 4.72. The Balaban J connectivity index is 2.02. The van der Waals surface area contributed by atoms with Crippen LogP contribution in [0.15, 0.2) is 12.3 Å². The van der Waals surface area contributed by atoms with E-state index in [1.165, 1.54) is 11.7 Å². The van der Waals surface area contributed by atoms with Crippen molar-refractivity contribution in [3.63, 3.8) is 0 Å². The first-order chi connectivity index (χ1) is 13.2. The number of methoxy groups -OCH3 is 1. The third kappa shape index (κ3) is 4.15. The van der Waals surface area contributed by atoms with Crippen LogP contribution in [0.1, 0.15) is 51.2 Å². The number of benzene rings is 1. The van der Waals surface area contributed by atoms with Crippen LogP contribution in [0.25, 0.3) is 10.9 Å². The molecule has 7 heteroatoms. The highest BCUT2D eigenvalue weighted by molar-refractivity contribution is 5.95. The fourth-order valence-electron chi connectivity index (χ4n) is 3.43. The van der Waals surface area contributed by atoms with Crippen molar-refractivity contribution >= 4 is 17.0 Å². The molecule has 154 valence electrons. The largest absolute Gasteiger partial charge is 0.493 e. The Morgan fingerprint density at radius 2 is 2.11 bits per heavy atom. The van der Waals surface area contributed by atoms with Gasteiger partial charge in [-0.1, -0.05) is 0 Å². The molecule has 1 fully saturated rings. The zero-order valence-corrected chi connectivity index (χ0v) is 17.1. The van der Waals surface area contributed by atoms with Crippen LogP contribution >= 0.6 is 0 Å². The number of aromatic nitrogens is 1. The maximum absolute atomic E-state index is 15.0. The summed E-state index contributed by atoms with van der Waals surface area (Å²) in [5, 5.41) is 0.692. The lowest BCUT2D eigenvalue weighted by Crippen LogP contribution is -2.27. The monoisotopic (exact) mass is 393 g/mol. The number of nitrogens with zero attached hydrogens (tertiary/aromatic N) is 1. The van der Waals surface area contributed by atoms with Gasteiger partial charge in [0.15, 0.2) is 17.9 Å². The van der Waals surface area contributed by atoms with Gasteiger partial charge in [-0.2, -0.15) is 0 Å². The highest BCUT2D eigenvalue weighted by Crippen LogP contribution is 2.36. The Labute approximate surface area is 164 Å². The molecule has 1 aliphatic heterocycles. The molecule has 0 amide bonds. The lowest BCUT2D eigenvalue weighted by molar-refractivity contribution is -0.168. The van der Waals surface area contributed by atoms with Gasteiger partial charge in [0.25, 0.3) is 0 Å². The normalized spacial score (nSPS) is 17.7. The lowest BCUT2D eigenvalue weighted by atomic mass is 10.0. The van der Waals surface area contributed by atoms with Gasteiger partial charge >= 0.3 is 6.09 Å². The molecule has 0 spiro atoms. The highest BCUT2D eigenvalue weighted by Gasteiger charge is 2.26. The van der Waals surface area contributed by atoms with Gasteiger partial charge in [0.2, 0.25) is 0 Å². The maximum atomic E-state index is 15.0. The van der Waals surface area contributed by atoms with Crippen LogP contribution in [0.5, 0.6) is 5.75 Å². The van der Waals surface area contributed by atoms with Gasteiger partial charge in [-0.3, -0.25) is 4.57 Å². The van der Waals surface area contributed by atoms with Gasteiger partial charge in [-0.15, -0.1) is 0 Å². The second-order valence-corrected chi connectivity index (χ2v) is 7.99. The molecule has 0 saturated carbocycles. The van der Waals surface area contributed by atoms with Crippen molar-refractivity contribution in [2.45, 2.75) is 65.5 Å². The Morgan fingerprint density at radius 3 is 2.71 bits per heavy atom. The molecule has 1 atom stereocenters. The van der Waals surface area contributed by atoms with Crippen molar-refractivity contribution in [1.82, 2.24) is 4.57 Å². The number of rotatable bonds is 4. The van der Waals surface area contributed by atoms with Crippen LogP contribution in [0.4, 0.5) is 9.18 Å². The number of hydrogen-bond donors (Lipinski definition) is 0. The molecule has 1 unspecified atom stereocenters. The molecule has 28 heavy (non-hydrogen) atoms. The molecule has 3 rings (SSSR count). The first kappa shape index (κ1) is 20.6. The maximum Gasteiger partial charge on any atom is 0.419 e. The van der Waals surface area contributed by atoms with E-state index in [1.54, 1.807) is 40.0 Å². The second kappa shape index (κ2) is 8.09. The quantitative estimate of drug-likeness (QED) is 0.738. The summed E-state index contributed by atoms with van der Waals surface area (Å²) >= 11 is 0. The number of halogens is 1. The third-order valence-electron chi connectivity index (χ3n) is 4.72. The van der Waals surface area contributed by atoms with E-state index in [4.69, 9.17) is 18.9 Å². The summed E-state index contributed by atoms with van der Waals surface area (Å²) in [7, 11) is 1.43. The van der Waals surface area contributed by atoms with Crippen molar-refractivity contribution < 1.29 is 28.1 Å². The molecule has 0 N–H and O–H groups in total. The number of ether oxygens (including phenoxy) is 4. The SMILES string of the molecule is COc1c(F)c(C)c2c(ccn2C(=O)OC(C)(C)C)c1COC1CCCCO1. The van der Waals surface area contributed by atoms with Crippen LogP contribution < -0.4 is 4.74 Å². The number of fused-ring (bicyclic) bond motifs is 1. The first-order valence-electron chi connectivity index (χ1n) is 9.55. The smallest absolute Gasteiger partial charge is 0.419 e. The Bertz CT molecular complexity index is 862. The van der Waals surface area contributed by atoms with Gasteiger partial charge in [-0.25, -0.2) is 9.18 Å². The van der Waals surface area contributed by atoms with Gasteiger partial charge < -0.3 is 18.9 Å². The van der Waals surface area contributed by atoms with Crippen LogP contribution in [0.2, 0.25) is 0 Å². The molecular formula is C21H28FNO5. The fourth-order valence-corrected chi connectivity index (χ4v) is 3.43. The van der Waals surface area contributed by atoms with Crippen molar-refractivity contribution in [3.05, 3.63) is 29.2 Å². The molecule has 1 aromatic heterocycles. The minimum Gasteiger partial charge on any atom is -0.493 e. The summed E-state index contributed by atoms with van der Waals surface area (Å²) in [6.45, 7) is 7.77. The predicted molar refractivity (Wildman–Crippen MR) is 103 cm³/mol. The summed E-state index contributed by atoms with van der Waals surface area (Å²) in [5.74, 6) is -0.385. The van der Waals surface area contributed by atoms with Crippen LogP contribution in [0, 0.1) is 12.7 Å². The molecule has 0 aliphatic carbocycles. The summed E-state index contributed by atoms with van der Waals surface area (Å²) in [5.41, 5.74) is 0.671. The Hall–Kier alpha value is -2.12. The van der Waals surface area contributed by atoms with Crippen LogP contribution in [0.3, 0.4) is 0 Å². The number of aryl methyl sites for hydroxylation is 1. The molecule has 2 heterocycles. The molecule has 6 nitrogen and oxygen atoms in total. The molecular weight excluding hydrogens is 365 g/mol. The Kier molecular flexibility index (Phi) is 5.95. The van der Waals surface area contributed by atoms with Crippen molar-refractivity contribution in [2.24, 2.45) is 0 Å². The number of hydrogen-bond acceptors (Lipinski definition) is 5.